The van der Waals surface area contributed by atoms with E-state index in [0.29, 0.717) is 33.0 Å². The number of para-hydroxylation sites is 2. The zero-order valence-electron chi connectivity index (χ0n) is 16.3. The van der Waals surface area contributed by atoms with Crippen molar-refractivity contribution in [2.45, 2.75) is 20.0 Å². The minimum Gasteiger partial charge on any atom is -0.479 e. The highest BCUT2D eigenvalue weighted by Gasteiger charge is 2.18. The maximum absolute atomic E-state index is 12.7. The number of hydrogen-bond acceptors (Lipinski definition) is 4. The molecule has 0 aliphatic rings. The Morgan fingerprint density at radius 2 is 1.90 bits per heavy atom. The Hall–Kier alpha value is -3.02. The number of halogens is 2. The third-order valence-corrected chi connectivity index (χ3v) is 5.13. The van der Waals surface area contributed by atoms with Gasteiger partial charge in [0.05, 0.1) is 5.02 Å². The molecule has 0 saturated carbocycles. The van der Waals surface area contributed by atoms with Crippen LogP contribution in [0.4, 0.5) is 5.69 Å². The molecule has 7 heteroatoms. The summed E-state index contributed by atoms with van der Waals surface area (Å²) in [6.07, 6.45) is -0.768. The first-order valence-electron chi connectivity index (χ1n) is 9.30. The highest BCUT2D eigenvalue weighted by molar-refractivity contribution is 6.35. The molecule has 3 aromatic carbocycles. The quantitative estimate of drug-likeness (QED) is 0.383. The lowest BCUT2D eigenvalue weighted by Crippen LogP contribution is -2.30. The summed E-state index contributed by atoms with van der Waals surface area (Å²) in [4.78, 5) is 17.2. The molecule has 1 N–H and O–H groups in total. The van der Waals surface area contributed by atoms with Gasteiger partial charge in [0.15, 0.2) is 11.7 Å². The van der Waals surface area contributed by atoms with Crippen molar-refractivity contribution in [2.24, 2.45) is 0 Å². The molecular weight excluding hydrogens is 423 g/mol. The minimum atomic E-state index is -0.768. The molecule has 4 rings (SSSR count). The van der Waals surface area contributed by atoms with Gasteiger partial charge in [-0.1, -0.05) is 41.4 Å². The summed E-state index contributed by atoms with van der Waals surface area (Å²) in [5, 5.41) is 3.74. The molecule has 0 aliphatic heterocycles. The van der Waals surface area contributed by atoms with Gasteiger partial charge in [-0.2, -0.15) is 0 Å². The fraction of sp³-hybridized carbons (Fsp3) is 0.130. The van der Waals surface area contributed by atoms with E-state index in [2.05, 4.69) is 10.3 Å². The van der Waals surface area contributed by atoms with E-state index in [9.17, 15) is 4.79 Å². The number of aryl methyl sites for hydroxylation is 1. The summed E-state index contributed by atoms with van der Waals surface area (Å²) < 4.78 is 11.5. The Labute approximate surface area is 183 Å². The second-order valence-corrected chi connectivity index (χ2v) is 7.68. The molecule has 1 unspecified atom stereocenters. The van der Waals surface area contributed by atoms with Crippen molar-refractivity contribution in [3.05, 3.63) is 76.3 Å². The minimum absolute atomic E-state index is 0.307. The molecule has 0 spiro atoms. The van der Waals surface area contributed by atoms with E-state index in [1.165, 1.54) is 0 Å². The van der Waals surface area contributed by atoms with Crippen LogP contribution in [0.3, 0.4) is 0 Å². The number of amides is 1. The molecule has 0 saturated heterocycles. The molecule has 0 fully saturated rings. The van der Waals surface area contributed by atoms with Crippen LogP contribution in [0.15, 0.2) is 65.1 Å². The van der Waals surface area contributed by atoms with Crippen molar-refractivity contribution in [3.8, 4) is 17.2 Å². The molecular formula is C23H18Cl2N2O3. The second-order valence-electron chi connectivity index (χ2n) is 6.84. The molecule has 0 aliphatic carbocycles. The van der Waals surface area contributed by atoms with Gasteiger partial charge in [0.25, 0.3) is 5.91 Å². The fourth-order valence-electron chi connectivity index (χ4n) is 2.93. The van der Waals surface area contributed by atoms with Gasteiger partial charge in [0, 0.05) is 16.3 Å². The lowest BCUT2D eigenvalue weighted by Gasteiger charge is -2.17. The number of oxazole rings is 1. The Balaban J connectivity index is 1.53. The van der Waals surface area contributed by atoms with Crippen molar-refractivity contribution in [3.63, 3.8) is 0 Å². The van der Waals surface area contributed by atoms with Crippen LogP contribution in [0, 0.1) is 6.92 Å². The van der Waals surface area contributed by atoms with Crippen LogP contribution >= 0.6 is 23.2 Å². The number of anilines is 1. The second kappa shape index (κ2) is 8.38. The van der Waals surface area contributed by atoms with Gasteiger partial charge in [-0.3, -0.25) is 4.79 Å². The Bertz CT molecular complexity index is 1200. The molecule has 152 valence electrons. The SMILES string of the molecule is Cc1ccc(-c2nc3ccccc3o2)cc1NC(=O)C(C)Oc1ccc(Cl)cc1Cl. The van der Waals surface area contributed by atoms with Gasteiger partial charge in [-0.15, -0.1) is 0 Å². The Morgan fingerprint density at radius 3 is 2.67 bits per heavy atom. The van der Waals surface area contributed by atoms with Gasteiger partial charge in [0.2, 0.25) is 5.89 Å². The maximum Gasteiger partial charge on any atom is 0.265 e. The predicted molar refractivity (Wildman–Crippen MR) is 119 cm³/mol. The van der Waals surface area contributed by atoms with Gasteiger partial charge < -0.3 is 14.5 Å². The number of nitrogens with zero attached hydrogens (tertiary/aromatic N) is 1. The first-order valence-corrected chi connectivity index (χ1v) is 10.1. The van der Waals surface area contributed by atoms with Crippen LogP contribution in [0.2, 0.25) is 10.0 Å². The van der Waals surface area contributed by atoms with E-state index in [0.717, 1.165) is 16.6 Å². The van der Waals surface area contributed by atoms with Crippen LogP contribution in [-0.4, -0.2) is 17.0 Å². The number of benzene rings is 3. The molecule has 5 nitrogen and oxygen atoms in total. The lowest BCUT2D eigenvalue weighted by molar-refractivity contribution is -0.122. The third kappa shape index (κ3) is 4.27. The number of fused-ring (bicyclic) bond motifs is 1. The average Bonchev–Trinajstić information content (AvgIpc) is 3.16. The molecule has 0 radical (unpaired) electrons. The number of hydrogen-bond donors (Lipinski definition) is 1. The summed E-state index contributed by atoms with van der Waals surface area (Å²) in [6.45, 7) is 3.56. The van der Waals surface area contributed by atoms with Crippen molar-refractivity contribution in [2.75, 3.05) is 5.32 Å². The summed E-state index contributed by atoms with van der Waals surface area (Å²) >= 11 is 12.0. The molecule has 30 heavy (non-hydrogen) atoms. The third-order valence-electron chi connectivity index (χ3n) is 4.60. The normalized spacial score (nSPS) is 12.0. The molecule has 1 atom stereocenters. The summed E-state index contributed by atoms with van der Waals surface area (Å²) in [7, 11) is 0. The smallest absolute Gasteiger partial charge is 0.265 e. The first kappa shape index (κ1) is 20.3. The van der Waals surface area contributed by atoms with Crippen LogP contribution in [0.5, 0.6) is 5.75 Å². The van der Waals surface area contributed by atoms with Crippen LogP contribution < -0.4 is 10.1 Å². The number of carbonyl (C=O) groups excluding carboxylic acids is 1. The van der Waals surface area contributed by atoms with Gasteiger partial charge in [-0.05, 0) is 61.9 Å². The fourth-order valence-corrected chi connectivity index (χ4v) is 3.39. The average molecular weight is 441 g/mol. The maximum atomic E-state index is 12.7. The zero-order chi connectivity index (χ0) is 21.3. The van der Waals surface area contributed by atoms with E-state index >= 15 is 0 Å². The van der Waals surface area contributed by atoms with Gasteiger partial charge in [-0.25, -0.2) is 4.98 Å². The van der Waals surface area contributed by atoms with Crippen molar-refractivity contribution in [1.82, 2.24) is 4.98 Å². The lowest BCUT2D eigenvalue weighted by atomic mass is 10.1. The van der Waals surface area contributed by atoms with E-state index < -0.39 is 6.10 Å². The first-order chi connectivity index (χ1) is 14.4. The van der Waals surface area contributed by atoms with Crippen LogP contribution in [0.25, 0.3) is 22.6 Å². The van der Waals surface area contributed by atoms with Crippen molar-refractivity contribution >= 4 is 45.9 Å². The highest BCUT2D eigenvalue weighted by atomic mass is 35.5. The van der Waals surface area contributed by atoms with E-state index in [1.807, 2.05) is 49.4 Å². The monoisotopic (exact) mass is 440 g/mol. The zero-order valence-corrected chi connectivity index (χ0v) is 17.8. The summed E-state index contributed by atoms with van der Waals surface area (Å²) in [6, 6.07) is 18.1. The largest absolute Gasteiger partial charge is 0.479 e. The number of aromatic nitrogens is 1. The van der Waals surface area contributed by atoms with Crippen molar-refractivity contribution in [1.29, 1.82) is 0 Å². The Morgan fingerprint density at radius 1 is 1.10 bits per heavy atom. The highest BCUT2D eigenvalue weighted by Crippen LogP contribution is 2.30. The number of ether oxygens (including phenoxy) is 1. The number of rotatable bonds is 5. The molecule has 0 bridgehead atoms. The van der Waals surface area contributed by atoms with Gasteiger partial charge >= 0.3 is 0 Å². The summed E-state index contributed by atoms with van der Waals surface area (Å²) in [5.41, 5.74) is 3.81. The topological polar surface area (TPSA) is 64.4 Å². The predicted octanol–water partition coefficient (Wildman–Crippen LogP) is 6.52. The van der Waals surface area contributed by atoms with Gasteiger partial charge in [0.1, 0.15) is 11.3 Å². The van der Waals surface area contributed by atoms with Crippen LogP contribution in [-0.2, 0) is 4.79 Å². The van der Waals surface area contributed by atoms with E-state index in [4.69, 9.17) is 32.4 Å². The standard InChI is InChI=1S/C23H18Cl2N2O3/c1-13-7-8-15(23-27-18-5-3-4-6-21(18)30-23)11-19(13)26-22(28)14(2)29-20-10-9-16(24)12-17(20)25/h3-12,14H,1-2H3,(H,26,28). The van der Waals surface area contributed by atoms with Crippen molar-refractivity contribution < 1.29 is 13.9 Å². The number of carbonyl (C=O) groups is 1. The number of nitrogens with one attached hydrogen (secondary N) is 1. The molecule has 1 heterocycles. The van der Waals surface area contributed by atoms with Crippen LogP contribution in [0.1, 0.15) is 12.5 Å². The molecule has 1 aromatic heterocycles. The summed E-state index contributed by atoms with van der Waals surface area (Å²) in [5.74, 6) is 0.573. The molecule has 1 amide bonds. The van der Waals surface area contributed by atoms with E-state index in [1.54, 1.807) is 25.1 Å². The Kier molecular flexibility index (Phi) is 5.66. The molecule has 4 aromatic rings. The van der Waals surface area contributed by atoms with E-state index in [-0.39, 0.29) is 5.91 Å².